The number of nitrogens with one attached hydrogen (secondary N) is 2. The highest BCUT2D eigenvalue weighted by molar-refractivity contribution is 7.20. The number of thiazole rings is 1. The van der Waals surface area contributed by atoms with Gasteiger partial charge in [-0.2, -0.15) is 9.78 Å². The van der Waals surface area contributed by atoms with Gasteiger partial charge in [-0.3, -0.25) is 14.7 Å². The van der Waals surface area contributed by atoms with Gasteiger partial charge in [0.1, 0.15) is 0 Å². The second kappa shape index (κ2) is 8.14. The van der Waals surface area contributed by atoms with E-state index in [1.807, 2.05) is 36.6 Å². The Bertz CT molecular complexity index is 1210. The van der Waals surface area contributed by atoms with Crippen LogP contribution in [0.3, 0.4) is 0 Å². The molecule has 0 bridgehead atoms. The van der Waals surface area contributed by atoms with Crippen molar-refractivity contribution in [3.05, 3.63) is 68.3 Å². The van der Waals surface area contributed by atoms with Crippen molar-refractivity contribution >= 4 is 44.5 Å². The zero-order valence-corrected chi connectivity index (χ0v) is 17.6. The van der Waals surface area contributed by atoms with Crippen LogP contribution in [0.25, 0.3) is 15.3 Å². The molecule has 2 N–H and O–H groups in total. The number of para-hydroxylation sites is 1. The van der Waals surface area contributed by atoms with E-state index in [1.165, 1.54) is 27.4 Å². The molecule has 0 saturated carbocycles. The summed E-state index contributed by atoms with van der Waals surface area (Å²) in [4.78, 5) is 30.5. The normalized spacial score (nSPS) is 11.9. The van der Waals surface area contributed by atoms with Crippen LogP contribution in [0.4, 0.5) is 0 Å². The van der Waals surface area contributed by atoms with Crippen molar-refractivity contribution in [3.8, 4) is 5.13 Å². The van der Waals surface area contributed by atoms with Gasteiger partial charge in [0.15, 0.2) is 0 Å². The Morgan fingerprint density at radius 3 is 2.83 bits per heavy atom. The summed E-state index contributed by atoms with van der Waals surface area (Å²) in [5.41, 5.74) is 4.87. The molecule has 29 heavy (non-hydrogen) atoms. The number of aromatic nitrogens is 3. The number of hydrogen-bond acceptors (Lipinski definition) is 6. The Balaban J connectivity index is 1.71. The fourth-order valence-corrected chi connectivity index (χ4v) is 4.57. The van der Waals surface area contributed by atoms with Crippen molar-refractivity contribution in [2.24, 2.45) is 5.10 Å². The van der Waals surface area contributed by atoms with Crippen molar-refractivity contribution in [1.82, 2.24) is 20.2 Å². The SMILES string of the molecule is CCCc1[nH]n(-c2nc3ccccc3s2)c(=O)c1C(C)=NNC(=O)c1cccs1. The Morgan fingerprint density at radius 2 is 2.10 bits per heavy atom. The molecular weight excluding hydrogens is 406 g/mol. The number of benzene rings is 1. The second-order valence-corrected chi connectivity index (χ2v) is 8.39. The van der Waals surface area contributed by atoms with Crippen molar-refractivity contribution < 1.29 is 4.79 Å². The van der Waals surface area contributed by atoms with Crippen molar-refractivity contribution in [2.75, 3.05) is 0 Å². The number of fused-ring (bicyclic) bond motifs is 1. The number of carbonyl (C=O) groups is 1. The van der Waals surface area contributed by atoms with E-state index in [1.54, 1.807) is 19.1 Å². The highest BCUT2D eigenvalue weighted by atomic mass is 32.1. The summed E-state index contributed by atoms with van der Waals surface area (Å²) in [7, 11) is 0. The first-order chi connectivity index (χ1) is 14.1. The molecule has 4 aromatic rings. The first-order valence-corrected chi connectivity index (χ1v) is 10.9. The van der Waals surface area contributed by atoms with Gasteiger partial charge < -0.3 is 0 Å². The minimum Gasteiger partial charge on any atom is -0.292 e. The predicted molar refractivity (Wildman–Crippen MR) is 118 cm³/mol. The van der Waals surface area contributed by atoms with E-state index < -0.39 is 0 Å². The highest BCUT2D eigenvalue weighted by Gasteiger charge is 2.19. The van der Waals surface area contributed by atoms with Crippen LogP contribution in [0.1, 0.15) is 41.2 Å². The average molecular weight is 426 g/mol. The van der Waals surface area contributed by atoms with Gasteiger partial charge in [0.2, 0.25) is 5.13 Å². The van der Waals surface area contributed by atoms with Gasteiger partial charge in [-0.15, -0.1) is 11.3 Å². The van der Waals surface area contributed by atoms with E-state index >= 15 is 0 Å². The van der Waals surface area contributed by atoms with Crippen LogP contribution in [-0.4, -0.2) is 26.4 Å². The van der Waals surface area contributed by atoms with E-state index in [-0.39, 0.29) is 11.5 Å². The first-order valence-electron chi connectivity index (χ1n) is 9.16. The Labute approximate surface area is 174 Å². The molecule has 148 valence electrons. The maximum absolute atomic E-state index is 13.2. The molecule has 0 spiro atoms. The van der Waals surface area contributed by atoms with Crippen LogP contribution in [-0.2, 0) is 6.42 Å². The zero-order chi connectivity index (χ0) is 20.4. The molecule has 0 saturated heterocycles. The topological polar surface area (TPSA) is 92.1 Å². The lowest BCUT2D eigenvalue weighted by Gasteiger charge is -2.01. The third-order valence-corrected chi connectivity index (χ3v) is 6.26. The van der Waals surface area contributed by atoms with E-state index in [0.29, 0.717) is 27.7 Å². The second-order valence-electron chi connectivity index (χ2n) is 6.44. The van der Waals surface area contributed by atoms with E-state index in [0.717, 1.165) is 22.3 Å². The minimum absolute atomic E-state index is 0.223. The quantitative estimate of drug-likeness (QED) is 0.362. The van der Waals surface area contributed by atoms with Gasteiger partial charge in [0.05, 0.1) is 26.4 Å². The molecule has 0 aliphatic heterocycles. The standard InChI is InChI=1S/C20H19N5O2S2/c1-3-7-14-17(12(2)22-23-18(26)16-10-6-11-28-16)19(27)25(24-14)20-21-13-8-4-5-9-15(13)29-20/h4-6,8-11,24H,3,7H2,1-2H3,(H,23,26). The Morgan fingerprint density at radius 1 is 1.28 bits per heavy atom. The Kier molecular flexibility index (Phi) is 5.41. The summed E-state index contributed by atoms with van der Waals surface area (Å²) in [6, 6.07) is 11.3. The summed E-state index contributed by atoms with van der Waals surface area (Å²) >= 11 is 2.78. The largest absolute Gasteiger partial charge is 0.292 e. The number of hydrogen-bond donors (Lipinski definition) is 2. The summed E-state index contributed by atoms with van der Waals surface area (Å²) in [5.74, 6) is -0.293. The van der Waals surface area contributed by atoms with Crippen LogP contribution in [0.15, 0.2) is 51.7 Å². The Hall–Kier alpha value is -3.04. The highest BCUT2D eigenvalue weighted by Crippen LogP contribution is 2.24. The molecule has 1 aromatic carbocycles. The number of rotatable bonds is 6. The molecule has 1 amide bonds. The number of amides is 1. The van der Waals surface area contributed by atoms with Crippen molar-refractivity contribution in [2.45, 2.75) is 26.7 Å². The molecule has 0 radical (unpaired) electrons. The fraction of sp³-hybridized carbons (Fsp3) is 0.200. The van der Waals surface area contributed by atoms with Crippen LogP contribution < -0.4 is 11.0 Å². The number of H-pyrrole nitrogens is 1. The predicted octanol–water partition coefficient (Wildman–Crippen LogP) is 3.94. The fourth-order valence-electron chi connectivity index (χ4n) is 3.03. The monoisotopic (exact) mass is 425 g/mol. The molecule has 0 aliphatic carbocycles. The van der Waals surface area contributed by atoms with Crippen LogP contribution in [0.5, 0.6) is 0 Å². The minimum atomic E-state index is -0.293. The maximum Gasteiger partial charge on any atom is 0.282 e. The lowest BCUT2D eigenvalue weighted by Crippen LogP contribution is -2.23. The van der Waals surface area contributed by atoms with Crippen molar-refractivity contribution in [1.29, 1.82) is 0 Å². The van der Waals surface area contributed by atoms with E-state index in [2.05, 4.69) is 20.6 Å². The molecule has 0 fully saturated rings. The number of nitrogens with zero attached hydrogens (tertiary/aromatic N) is 3. The van der Waals surface area contributed by atoms with E-state index in [4.69, 9.17) is 0 Å². The van der Waals surface area contributed by atoms with Gasteiger partial charge in [-0.05, 0) is 36.9 Å². The number of aromatic amines is 1. The van der Waals surface area contributed by atoms with Gasteiger partial charge in [-0.1, -0.05) is 42.9 Å². The van der Waals surface area contributed by atoms with Crippen LogP contribution in [0, 0.1) is 0 Å². The molecule has 3 heterocycles. The first kappa shape index (κ1) is 19.3. The van der Waals surface area contributed by atoms with Crippen LogP contribution in [0.2, 0.25) is 0 Å². The molecule has 0 atom stereocenters. The zero-order valence-electron chi connectivity index (χ0n) is 15.9. The number of carbonyl (C=O) groups excluding carboxylic acids is 1. The average Bonchev–Trinajstić information content (AvgIpc) is 3.44. The van der Waals surface area contributed by atoms with E-state index in [9.17, 15) is 9.59 Å². The summed E-state index contributed by atoms with van der Waals surface area (Å²) in [6.45, 7) is 3.77. The summed E-state index contributed by atoms with van der Waals surface area (Å²) < 4.78 is 2.47. The third kappa shape index (κ3) is 3.79. The lowest BCUT2D eigenvalue weighted by atomic mass is 10.1. The van der Waals surface area contributed by atoms with Crippen LogP contribution >= 0.6 is 22.7 Å². The lowest BCUT2D eigenvalue weighted by molar-refractivity contribution is 0.0959. The molecule has 0 aliphatic rings. The summed E-state index contributed by atoms with van der Waals surface area (Å²) in [6.07, 6.45) is 1.55. The number of thiophene rings is 1. The number of aryl methyl sites for hydroxylation is 1. The molecule has 7 nitrogen and oxygen atoms in total. The van der Waals surface area contributed by atoms with Gasteiger partial charge in [0, 0.05) is 5.69 Å². The molecule has 9 heteroatoms. The molecule has 4 rings (SSSR count). The summed E-state index contributed by atoms with van der Waals surface area (Å²) in [5, 5.41) is 9.77. The number of hydrazone groups is 1. The maximum atomic E-state index is 13.2. The molecular formula is C20H19N5O2S2. The van der Waals surface area contributed by atoms with Gasteiger partial charge >= 0.3 is 0 Å². The van der Waals surface area contributed by atoms with Gasteiger partial charge in [0.25, 0.3) is 11.5 Å². The molecule has 3 aromatic heterocycles. The van der Waals surface area contributed by atoms with Gasteiger partial charge in [-0.25, -0.2) is 10.4 Å². The molecule has 0 unspecified atom stereocenters. The van der Waals surface area contributed by atoms with Crippen molar-refractivity contribution in [3.63, 3.8) is 0 Å². The third-order valence-electron chi connectivity index (χ3n) is 4.37. The smallest absolute Gasteiger partial charge is 0.282 e.